The molecule has 0 spiro atoms. The average Bonchev–Trinajstić information content (AvgIpc) is 2.57. The summed E-state index contributed by atoms with van der Waals surface area (Å²) < 4.78 is 37.3. The largest absolute Gasteiger partial charge is 0.416 e. The average molecular weight is 247 g/mol. The van der Waals surface area contributed by atoms with Crippen LogP contribution in [0.1, 0.15) is 5.56 Å². The van der Waals surface area contributed by atoms with Crippen molar-refractivity contribution in [3.8, 4) is 0 Å². The number of alkyl halides is 3. The Morgan fingerprint density at radius 3 is 2.76 bits per heavy atom. The highest BCUT2D eigenvalue weighted by atomic mass is 19.4. The van der Waals surface area contributed by atoms with Gasteiger partial charge in [-0.1, -0.05) is 0 Å². The Kier molecular flexibility index (Phi) is 2.66. The second-order valence-electron chi connectivity index (χ2n) is 3.44. The van der Waals surface area contributed by atoms with E-state index in [1.165, 1.54) is 0 Å². The zero-order valence-corrected chi connectivity index (χ0v) is 8.40. The molecular formula is C9H8F3N3O2. The van der Waals surface area contributed by atoms with Crippen LogP contribution in [0.2, 0.25) is 0 Å². The molecule has 0 radical (unpaired) electrons. The normalized spacial score (nSPS) is 20.6. The van der Waals surface area contributed by atoms with Crippen LogP contribution in [0, 0.1) is 0 Å². The van der Waals surface area contributed by atoms with Gasteiger partial charge >= 0.3 is 12.2 Å². The maximum atomic E-state index is 12.4. The predicted octanol–water partition coefficient (Wildman–Crippen LogP) is 0.948. The number of halogens is 3. The summed E-state index contributed by atoms with van der Waals surface area (Å²) in [6, 6.07) is 0.835. The first-order chi connectivity index (χ1) is 7.89. The summed E-state index contributed by atoms with van der Waals surface area (Å²) in [5.74, 6) is -0.234. The number of aromatic nitrogens is 1. The SMILES string of the molecule is O=C1NCC(O)N1c1cc(C(F)(F)F)ccn1. The zero-order chi connectivity index (χ0) is 12.6. The van der Waals surface area contributed by atoms with Crippen molar-refractivity contribution in [2.24, 2.45) is 0 Å². The predicted molar refractivity (Wildman–Crippen MR) is 51.1 cm³/mol. The van der Waals surface area contributed by atoms with Crippen molar-refractivity contribution < 1.29 is 23.1 Å². The fourth-order valence-electron chi connectivity index (χ4n) is 1.47. The lowest BCUT2D eigenvalue weighted by atomic mass is 10.2. The van der Waals surface area contributed by atoms with Gasteiger partial charge in [0, 0.05) is 6.20 Å². The highest BCUT2D eigenvalue weighted by Crippen LogP contribution is 2.31. The van der Waals surface area contributed by atoms with Gasteiger partial charge in [-0.15, -0.1) is 0 Å². The summed E-state index contributed by atoms with van der Waals surface area (Å²) in [6.07, 6.45) is -4.78. The Bertz CT molecular complexity index is 449. The van der Waals surface area contributed by atoms with E-state index in [1.807, 2.05) is 0 Å². The molecule has 92 valence electrons. The van der Waals surface area contributed by atoms with Crippen molar-refractivity contribution in [1.82, 2.24) is 10.3 Å². The van der Waals surface area contributed by atoms with Crippen LogP contribution >= 0.6 is 0 Å². The summed E-state index contributed by atoms with van der Waals surface area (Å²) in [7, 11) is 0. The molecule has 2 N–H and O–H groups in total. The lowest BCUT2D eigenvalue weighted by Gasteiger charge is -2.18. The molecule has 1 unspecified atom stereocenters. The number of hydrogen-bond acceptors (Lipinski definition) is 3. The minimum Gasteiger partial charge on any atom is -0.371 e. The molecule has 0 aliphatic carbocycles. The molecule has 1 aliphatic heterocycles. The van der Waals surface area contributed by atoms with Gasteiger partial charge in [0.05, 0.1) is 12.1 Å². The van der Waals surface area contributed by atoms with Gasteiger partial charge in [-0.05, 0) is 12.1 Å². The maximum absolute atomic E-state index is 12.4. The minimum atomic E-state index is -4.52. The highest BCUT2D eigenvalue weighted by molar-refractivity contribution is 5.93. The van der Waals surface area contributed by atoms with Crippen LogP contribution in [0.5, 0.6) is 0 Å². The minimum absolute atomic E-state index is 0.0449. The smallest absolute Gasteiger partial charge is 0.371 e. The molecule has 2 heterocycles. The van der Waals surface area contributed by atoms with E-state index < -0.39 is 24.0 Å². The highest BCUT2D eigenvalue weighted by Gasteiger charge is 2.35. The summed E-state index contributed by atoms with van der Waals surface area (Å²) in [6.45, 7) is -0.0449. The third-order valence-corrected chi connectivity index (χ3v) is 2.27. The van der Waals surface area contributed by atoms with Gasteiger partial charge in [0.2, 0.25) is 0 Å². The number of nitrogens with zero attached hydrogens (tertiary/aromatic N) is 2. The number of amides is 2. The van der Waals surface area contributed by atoms with Crippen LogP contribution in [0.3, 0.4) is 0 Å². The van der Waals surface area contributed by atoms with Crippen molar-refractivity contribution in [2.45, 2.75) is 12.4 Å². The number of anilines is 1. The van der Waals surface area contributed by atoms with Crippen LogP contribution in [0.25, 0.3) is 0 Å². The summed E-state index contributed by atoms with van der Waals surface area (Å²) in [4.78, 5) is 15.7. The molecule has 1 aromatic heterocycles. The van der Waals surface area contributed by atoms with Gasteiger partial charge in [0.25, 0.3) is 0 Å². The number of pyridine rings is 1. The first-order valence-corrected chi connectivity index (χ1v) is 4.68. The molecule has 1 aliphatic rings. The lowest BCUT2D eigenvalue weighted by Crippen LogP contribution is -2.34. The molecule has 0 aromatic carbocycles. The Morgan fingerprint density at radius 1 is 1.53 bits per heavy atom. The van der Waals surface area contributed by atoms with Crippen molar-refractivity contribution in [2.75, 3.05) is 11.4 Å². The Morgan fingerprint density at radius 2 is 2.24 bits per heavy atom. The number of urea groups is 1. The Labute approximate surface area is 93.9 Å². The van der Waals surface area contributed by atoms with Gasteiger partial charge in [-0.25, -0.2) is 14.7 Å². The molecule has 1 fully saturated rings. The maximum Gasteiger partial charge on any atom is 0.416 e. The molecule has 2 amide bonds. The molecule has 8 heteroatoms. The van der Waals surface area contributed by atoms with E-state index in [1.54, 1.807) is 0 Å². The van der Waals surface area contributed by atoms with Crippen molar-refractivity contribution in [3.63, 3.8) is 0 Å². The van der Waals surface area contributed by atoms with E-state index in [0.717, 1.165) is 17.2 Å². The zero-order valence-electron chi connectivity index (χ0n) is 8.40. The number of rotatable bonds is 1. The van der Waals surface area contributed by atoms with E-state index in [0.29, 0.717) is 6.07 Å². The first-order valence-electron chi connectivity index (χ1n) is 4.68. The second kappa shape index (κ2) is 3.88. The van der Waals surface area contributed by atoms with E-state index in [-0.39, 0.29) is 12.4 Å². The molecule has 0 bridgehead atoms. The molecular weight excluding hydrogens is 239 g/mol. The van der Waals surface area contributed by atoms with Gasteiger partial charge in [-0.3, -0.25) is 0 Å². The van der Waals surface area contributed by atoms with E-state index >= 15 is 0 Å². The summed E-state index contributed by atoms with van der Waals surface area (Å²) in [5, 5.41) is 11.7. The fraction of sp³-hybridized carbons (Fsp3) is 0.333. The van der Waals surface area contributed by atoms with Crippen LogP contribution in [0.15, 0.2) is 18.3 Å². The third kappa shape index (κ3) is 2.16. The van der Waals surface area contributed by atoms with Gasteiger partial charge in [-0.2, -0.15) is 13.2 Å². The number of aliphatic hydroxyl groups excluding tert-OH is 1. The summed E-state index contributed by atoms with van der Waals surface area (Å²) in [5.41, 5.74) is -0.922. The lowest BCUT2D eigenvalue weighted by molar-refractivity contribution is -0.137. The number of hydrogen-bond donors (Lipinski definition) is 2. The van der Waals surface area contributed by atoms with Gasteiger partial charge < -0.3 is 10.4 Å². The Balaban J connectivity index is 2.37. The van der Waals surface area contributed by atoms with Crippen LogP contribution in [0.4, 0.5) is 23.8 Å². The number of aliphatic hydroxyl groups is 1. The standard InChI is InChI=1S/C9H8F3N3O2/c10-9(11,12)5-1-2-13-6(3-5)15-7(16)4-14-8(15)17/h1-3,7,16H,4H2,(H,14,17). The topological polar surface area (TPSA) is 65.5 Å². The monoisotopic (exact) mass is 247 g/mol. The molecule has 1 aromatic rings. The number of carbonyl (C=O) groups excluding carboxylic acids is 1. The van der Waals surface area contributed by atoms with E-state index in [4.69, 9.17) is 0 Å². The van der Waals surface area contributed by atoms with Crippen LogP contribution < -0.4 is 10.2 Å². The molecule has 1 atom stereocenters. The Hall–Kier alpha value is -1.83. The van der Waals surface area contributed by atoms with Crippen LogP contribution in [-0.4, -0.2) is 28.9 Å². The van der Waals surface area contributed by atoms with E-state index in [2.05, 4.69) is 10.3 Å². The van der Waals surface area contributed by atoms with Crippen molar-refractivity contribution in [3.05, 3.63) is 23.9 Å². The number of nitrogens with one attached hydrogen (secondary N) is 1. The van der Waals surface area contributed by atoms with Gasteiger partial charge in [0.1, 0.15) is 5.82 Å². The van der Waals surface area contributed by atoms with Gasteiger partial charge in [0.15, 0.2) is 6.23 Å². The number of carbonyl (C=O) groups is 1. The molecule has 2 rings (SSSR count). The van der Waals surface area contributed by atoms with Crippen LogP contribution in [-0.2, 0) is 6.18 Å². The second-order valence-corrected chi connectivity index (χ2v) is 3.44. The number of β-amino-alcohol motifs (C(OH)–C–C–N with tert-alkyl or cyclic N) is 1. The quantitative estimate of drug-likeness (QED) is 0.776. The van der Waals surface area contributed by atoms with E-state index in [9.17, 15) is 23.1 Å². The molecule has 5 nitrogen and oxygen atoms in total. The molecule has 1 saturated heterocycles. The molecule has 17 heavy (non-hydrogen) atoms. The van der Waals surface area contributed by atoms with Crippen molar-refractivity contribution in [1.29, 1.82) is 0 Å². The summed E-state index contributed by atoms with van der Waals surface area (Å²) >= 11 is 0. The third-order valence-electron chi connectivity index (χ3n) is 2.27. The first kappa shape index (κ1) is 11.6. The fourth-order valence-corrected chi connectivity index (χ4v) is 1.47. The molecule has 0 saturated carbocycles. The van der Waals surface area contributed by atoms with Crippen molar-refractivity contribution >= 4 is 11.8 Å².